The zero-order valence-corrected chi connectivity index (χ0v) is 12.8. The lowest BCUT2D eigenvalue weighted by Crippen LogP contribution is -2.41. The van der Waals surface area contributed by atoms with Crippen molar-refractivity contribution >= 4 is 27.3 Å². The van der Waals surface area contributed by atoms with Crippen molar-refractivity contribution in [1.82, 2.24) is 14.6 Å². The number of nitrogens with zero attached hydrogens (tertiary/aromatic N) is 2. The Morgan fingerprint density at radius 1 is 1.50 bits per heavy atom. The summed E-state index contributed by atoms with van der Waals surface area (Å²) in [6, 6.07) is 0.0500. The molecule has 1 saturated carbocycles. The number of piperidine rings is 1. The van der Waals surface area contributed by atoms with Gasteiger partial charge in [0.2, 0.25) is 10.0 Å². The number of nitrogens with one attached hydrogen (secondary N) is 1. The highest BCUT2D eigenvalue weighted by Crippen LogP contribution is 2.54. The van der Waals surface area contributed by atoms with Crippen LogP contribution in [0.25, 0.3) is 0 Å². The van der Waals surface area contributed by atoms with E-state index in [1.165, 1.54) is 17.6 Å². The topological polar surface area (TPSA) is 79.4 Å². The van der Waals surface area contributed by atoms with E-state index < -0.39 is 10.0 Å². The molecule has 1 unspecified atom stereocenters. The Kier molecular flexibility index (Phi) is 3.34. The first kappa shape index (κ1) is 14.0. The lowest BCUT2D eigenvalue weighted by atomic mass is 9.92. The average Bonchev–Trinajstić information content (AvgIpc) is 2.81. The van der Waals surface area contributed by atoms with Gasteiger partial charge in [0.1, 0.15) is 5.69 Å². The van der Waals surface area contributed by atoms with Crippen molar-refractivity contribution in [3.8, 4) is 0 Å². The summed E-state index contributed by atoms with van der Waals surface area (Å²) in [4.78, 5) is 18.0. The molecular weight excluding hydrogens is 298 g/mol. The molecule has 2 heterocycles. The van der Waals surface area contributed by atoms with Gasteiger partial charge in [-0.05, 0) is 24.7 Å². The predicted molar refractivity (Wildman–Crippen MR) is 76.1 cm³/mol. The van der Waals surface area contributed by atoms with Crippen LogP contribution in [-0.2, 0) is 10.0 Å². The number of carbonyl (C=O) groups is 1. The normalized spacial score (nSPS) is 24.9. The van der Waals surface area contributed by atoms with Crippen molar-refractivity contribution in [3.63, 3.8) is 0 Å². The minimum absolute atomic E-state index is 0.0191. The van der Waals surface area contributed by atoms with Gasteiger partial charge in [-0.25, -0.2) is 18.1 Å². The van der Waals surface area contributed by atoms with Crippen molar-refractivity contribution < 1.29 is 13.2 Å². The fraction of sp³-hybridized carbons (Fsp3) is 0.667. The largest absolute Gasteiger partial charge is 0.337 e. The van der Waals surface area contributed by atoms with E-state index in [2.05, 4.69) is 9.71 Å². The molecule has 1 atom stereocenters. The minimum Gasteiger partial charge on any atom is -0.337 e. The zero-order valence-electron chi connectivity index (χ0n) is 11.2. The Balaban J connectivity index is 1.57. The van der Waals surface area contributed by atoms with Gasteiger partial charge in [-0.2, -0.15) is 0 Å². The van der Waals surface area contributed by atoms with Crippen LogP contribution in [0.15, 0.2) is 10.9 Å². The Morgan fingerprint density at radius 2 is 2.20 bits per heavy atom. The molecule has 2 fully saturated rings. The van der Waals surface area contributed by atoms with Gasteiger partial charge in [0.25, 0.3) is 5.91 Å². The first-order chi connectivity index (χ1) is 9.40. The molecule has 1 aliphatic heterocycles. The molecule has 1 amide bonds. The first-order valence-electron chi connectivity index (χ1n) is 6.54. The highest BCUT2D eigenvalue weighted by molar-refractivity contribution is 7.88. The number of sulfonamides is 1. The van der Waals surface area contributed by atoms with Gasteiger partial charge >= 0.3 is 0 Å². The summed E-state index contributed by atoms with van der Waals surface area (Å²) < 4.78 is 25.2. The molecule has 110 valence electrons. The number of aromatic nitrogens is 1. The smallest absolute Gasteiger partial charge is 0.273 e. The molecule has 1 aromatic rings. The number of hydrogen-bond acceptors (Lipinski definition) is 5. The van der Waals surface area contributed by atoms with Gasteiger partial charge in [-0.3, -0.25) is 4.79 Å². The van der Waals surface area contributed by atoms with Gasteiger partial charge in [0.15, 0.2) is 0 Å². The summed E-state index contributed by atoms with van der Waals surface area (Å²) in [5.74, 6) is -0.0191. The molecule has 3 rings (SSSR count). The van der Waals surface area contributed by atoms with Crippen LogP contribution in [-0.4, -0.2) is 49.6 Å². The standard InChI is InChI=1S/C12H17N3O3S2/c1-20(17,18)14-10-6-12(10)2-4-15(5-3-12)11(16)9-7-19-8-13-9/h7-8,10,14H,2-6H2,1H3. The maximum absolute atomic E-state index is 12.2. The minimum atomic E-state index is -3.14. The van der Waals surface area contributed by atoms with Crippen LogP contribution in [0, 0.1) is 5.41 Å². The second kappa shape index (κ2) is 4.78. The van der Waals surface area contributed by atoms with Crippen LogP contribution in [0.1, 0.15) is 29.8 Å². The third-order valence-electron chi connectivity index (χ3n) is 4.24. The number of carbonyl (C=O) groups excluding carboxylic acids is 1. The predicted octanol–water partition coefficient (Wildman–Crippen LogP) is 0.687. The van der Waals surface area contributed by atoms with Crippen LogP contribution in [0.4, 0.5) is 0 Å². The fourth-order valence-electron chi connectivity index (χ4n) is 2.96. The van der Waals surface area contributed by atoms with Crippen molar-refractivity contribution in [2.75, 3.05) is 19.3 Å². The lowest BCUT2D eigenvalue weighted by molar-refractivity contribution is 0.0669. The molecule has 0 aromatic carbocycles. The Morgan fingerprint density at radius 3 is 2.75 bits per heavy atom. The second-order valence-corrected chi connectivity index (χ2v) is 8.17. The summed E-state index contributed by atoms with van der Waals surface area (Å²) >= 11 is 1.42. The molecule has 1 spiro atoms. The van der Waals surface area contributed by atoms with Crippen LogP contribution in [0.2, 0.25) is 0 Å². The molecule has 2 aliphatic rings. The van der Waals surface area contributed by atoms with Gasteiger partial charge in [0.05, 0.1) is 11.8 Å². The molecule has 20 heavy (non-hydrogen) atoms. The van der Waals surface area contributed by atoms with Crippen LogP contribution >= 0.6 is 11.3 Å². The number of thiazole rings is 1. The number of amides is 1. The fourth-order valence-corrected chi connectivity index (χ4v) is 4.34. The highest BCUT2D eigenvalue weighted by atomic mass is 32.2. The Hall–Kier alpha value is -0.990. The molecular formula is C12H17N3O3S2. The molecule has 1 aromatic heterocycles. The summed E-state index contributed by atoms with van der Waals surface area (Å²) in [7, 11) is -3.14. The maximum atomic E-state index is 12.2. The first-order valence-corrected chi connectivity index (χ1v) is 9.38. The van der Waals surface area contributed by atoms with E-state index in [9.17, 15) is 13.2 Å². The summed E-state index contributed by atoms with van der Waals surface area (Å²) in [5.41, 5.74) is 2.24. The lowest BCUT2D eigenvalue weighted by Gasteiger charge is -2.32. The molecule has 1 aliphatic carbocycles. The summed E-state index contributed by atoms with van der Waals surface area (Å²) in [6.07, 6.45) is 3.80. The van der Waals surface area contributed by atoms with Crippen molar-refractivity contribution in [3.05, 3.63) is 16.6 Å². The van der Waals surface area contributed by atoms with Crippen molar-refractivity contribution in [2.45, 2.75) is 25.3 Å². The van der Waals surface area contributed by atoms with E-state index in [1.54, 1.807) is 10.9 Å². The van der Waals surface area contributed by atoms with Gasteiger partial charge in [-0.15, -0.1) is 11.3 Å². The Bertz CT molecular complexity index is 604. The maximum Gasteiger partial charge on any atom is 0.273 e. The SMILES string of the molecule is CS(=O)(=O)NC1CC12CCN(C(=O)c1cscn1)CC2. The second-order valence-electron chi connectivity index (χ2n) is 5.67. The summed E-state index contributed by atoms with van der Waals surface area (Å²) in [5, 5.41) is 1.76. The van der Waals surface area contributed by atoms with E-state index in [4.69, 9.17) is 0 Å². The number of hydrogen-bond donors (Lipinski definition) is 1. The number of likely N-dealkylation sites (tertiary alicyclic amines) is 1. The van der Waals surface area contributed by atoms with E-state index in [0.717, 1.165) is 19.3 Å². The van der Waals surface area contributed by atoms with E-state index >= 15 is 0 Å². The monoisotopic (exact) mass is 315 g/mol. The molecule has 1 N–H and O–H groups in total. The van der Waals surface area contributed by atoms with Crippen LogP contribution in [0.3, 0.4) is 0 Å². The summed E-state index contributed by atoms with van der Waals surface area (Å²) in [6.45, 7) is 1.36. The zero-order chi connectivity index (χ0) is 14.4. The van der Waals surface area contributed by atoms with Crippen LogP contribution < -0.4 is 4.72 Å². The molecule has 6 nitrogen and oxygen atoms in total. The van der Waals surface area contributed by atoms with Crippen LogP contribution in [0.5, 0.6) is 0 Å². The molecule has 1 saturated heterocycles. The van der Waals surface area contributed by atoms with E-state index in [-0.39, 0.29) is 17.4 Å². The van der Waals surface area contributed by atoms with E-state index in [1.807, 2.05) is 4.90 Å². The van der Waals surface area contributed by atoms with Gasteiger partial charge in [-0.1, -0.05) is 0 Å². The highest BCUT2D eigenvalue weighted by Gasteiger charge is 2.56. The quantitative estimate of drug-likeness (QED) is 0.890. The molecule has 8 heteroatoms. The van der Waals surface area contributed by atoms with Crippen molar-refractivity contribution in [2.24, 2.45) is 5.41 Å². The number of rotatable bonds is 3. The van der Waals surface area contributed by atoms with Gasteiger partial charge < -0.3 is 4.90 Å². The third kappa shape index (κ3) is 2.72. The van der Waals surface area contributed by atoms with Crippen molar-refractivity contribution in [1.29, 1.82) is 0 Å². The Labute approximate surface area is 122 Å². The van der Waals surface area contributed by atoms with E-state index in [0.29, 0.717) is 18.8 Å². The average molecular weight is 315 g/mol. The molecule has 0 radical (unpaired) electrons. The van der Waals surface area contributed by atoms with Gasteiger partial charge in [0, 0.05) is 24.5 Å². The third-order valence-corrected chi connectivity index (χ3v) is 5.54. The molecule has 0 bridgehead atoms.